The molecule has 0 amide bonds. The predicted octanol–water partition coefficient (Wildman–Crippen LogP) is -2.16. The third kappa shape index (κ3) is 6.61. The first kappa shape index (κ1) is 20.8. The molecule has 0 atom stereocenters. The first-order valence-electron chi connectivity index (χ1n) is 7.17. The fourth-order valence-corrected chi connectivity index (χ4v) is 1.71. The maximum absolute atomic E-state index is 10.5. The van der Waals surface area contributed by atoms with Gasteiger partial charge in [-0.1, -0.05) is 10.2 Å². The highest BCUT2D eigenvalue weighted by atomic mass is 17.0. The number of hydrogen-bond donors (Lipinski definition) is 0. The number of aromatic nitrogens is 7. The van der Waals surface area contributed by atoms with Crippen LogP contribution < -0.4 is 4.74 Å². The predicted molar refractivity (Wildman–Crippen MR) is 79.3 cm³/mol. The second-order valence-electron chi connectivity index (χ2n) is 5.10. The molecule has 20 heteroatoms. The standard InChI is InChI=1S/C9H10N10O10/c20-17(21)27-2-9(3-28-18(22)23,4-29-19(24)25)1-26-8-14-12-7(13-15-8)16-6-10-5-11-16/h5-6H,1-4H2. The van der Waals surface area contributed by atoms with Gasteiger partial charge in [0.15, 0.2) is 0 Å². The molecule has 0 aliphatic heterocycles. The van der Waals surface area contributed by atoms with E-state index in [4.69, 9.17) is 4.74 Å². The van der Waals surface area contributed by atoms with Crippen molar-refractivity contribution in [3.05, 3.63) is 43.0 Å². The van der Waals surface area contributed by atoms with Gasteiger partial charge in [-0.05, 0) is 0 Å². The molecule has 2 rings (SSSR count). The molecule has 2 aromatic heterocycles. The van der Waals surface area contributed by atoms with Gasteiger partial charge in [0.05, 0.1) is 5.41 Å². The lowest BCUT2D eigenvalue weighted by Gasteiger charge is -2.29. The van der Waals surface area contributed by atoms with Gasteiger partial charge in [0.2, 0.25) is 0 Å². The van der Waals surface area contributed by atoms with Crippen molar-refractivity contribution in [3.8, 4) is 12.0 Å². The average molecular weight is 418 g/mol. The molecule has 0 aliphatic rings. The summed E-state index contributed by atoms with van der Waals surface area (Å²) in [6, 6.07) is -0.457. The van der Waals surface area contributed by atoms with Gasteiger partial charge >= 0.3 is 6.01 Å². The van der Waals surface area contributed by atoms with Crippen molar-refractivity contribution >= 4 is 0 Å². The Kier molecular flexibility index (Phi) is 6.76. The van der Waals surface area contributed by atoms with Gasteiger partial charge in [0, 0.05) is 0 Å². The molecule has 0 aromatic carbocycles. The first-order chi connectivity index (χ1) is 13.8. The molecule has 2 aromatic rings. The van der Waals surface area contributed by atoms with Crippen molar-refractivity contribution in [1.82, 2.24) is 35.2 Å². The molecule has 0 saturated carbocycles. The summed E-state index contributed by atoms with van der Waals surface area (Å²) in [5.41, 5.74) is -1.86. The van der Waals surface area contributed by atoms with E-state index in [9.17, 15) is 30.3 Å². The summed E-state index contributed by atoms with van der Waals surface area (Å²) in [6.07, 6.45) is 2.48. The Hall–Kier alpha value is -4.52. The molecule has 29 heavy (non-hydrogen) atoms. The van der Waals surface area contributed by atoms with Crippen LogP contribution in [0.15, 0.2) is 12.7 Å². The summed E-state index contributed by atoms with van der Waals surface area (Å²) < 4.78 is 6.27. The van der Waals surface area contributed by atoms with Crippen LogP contribution in [0.1, 0.15) is 0 Å². The molecule has 0 saturated heterocycles. The van der Waals surface area contributed by atoms with Crippen LogP contribution in [0.4, 0.5) is 0 Å². The molecule has 20 nitrogen and oxygen atoms in total. The number of ether oxygens (including phenoxy) is 1. The third-order valence-corrected chi connectivity index (χ3v) is 3.01. The zero-order chi connectivity index (χ0) is 21.3. The summed E-state index contributed by atoms with van der Waals surface area (Å²) in [4.78, 5) is 47.6. The molecule has 2 heterocycles. The van der Waals surface area contributed by atoms with E-state index >= 15 is 0 Å². The molecular formula is C9H10N10O10. The van der Waals surface area contributed by atoms with E-state index in [2.05, 4.69) is 45.0 Å². The minimum absolute atomic E-state index is 0.0637. The van der Waals surface area contributed by atoms with Gasteiger partial charge in [-0.15, -0.1) is 40.5 Å². The smallest absolute Gasteiger partial charge is 0.355 e. The molecule has 0 aliphatic carbocycles. The van der Waals surface area contributed by atoms with Crippen LogP contribution in [-0.4, -0.2) is 76.8 Å². The highest BCUT2D eigenvalue weighted by molar-refractivity contribution is 5.01. The lowest BCUT2D eigenvalue weighted by molar-refractivity contribution is -0.782. The summed E-state index contributed by atoms with van der Waals surface area (Å²) in [5, 5.41) is 46.0. The second kappa shape index (κ2) is 9.43. The van der Waals surface area contributed by atoms with Crippen LogP contribution >= 0.6 is 0 Å². The largest absolute Gasteiger partial charge is 0.461 e. The first-order valence-corrected chi connectivity index (χ1v) is 7.17. The number of hydrogen-bond acceptors (Lipinski definition) is 16. The molecule has 156 valence electrons. The molecule has 0 unspecified atom stereocenters. The number of rotatable bonds is 13. The highest BCUT2D eigenvalue weighted by Gasteiger charge is 2.37. The fraction of sp³-hybridized carbons (Fsp3) is 0.556. The minimum atomic E-state index is -1.86. The van der Waals surface area contributed by atoms with Crippen LogP contribution in [0.5, 0.6) is 6.01 Å². The van der Waals surface area contributed by atoms with Gasteiger partial charge in [-0.3, -0.25) is 0 Å². The lowest BCUT2D eigenvalue weighted by atomic mass is 9.92. The summed E-state index contributed by atoms with van der Waals surface area (Å²) >= 11 is 0. The van der Waals surface area contributed by atoms with Crippen molar-refractivity contribution in [2.24, 2.45) is 5.41 Å². The van der Waals surface area contributed by atoms with Crippen LogP contribution in [0, 0.1) is 35.8 Å². The monoisotopic (exact) mass is 418 g/mol. The van der Waals surface area contributed by atoms with E-state index in [1.807, 2.05) is 0 Å². The maximum Gasteiger partial charge on any atom is 0.355 e. The Morgan fingerprint density at radius 3 is 1.79 bits per heavy atom. The fourth-order valence-electron chi connectivity index (χ4n) is 1.71. The van der Waals surface area contributed by atoms with Crippen molar-refractivity contribution in [2.75, 3.05) is 26.4 Å². The third-order valence-electron chi connectivity index (χ3n) is 3.01. The van der Waals surface area contributed by atoms with E-state index in [0.717, 1.165) is 4.68 Å². The van der Waals surface area contributed by atoms with Crippen LogP contribution in [-0.2, 0) is 14.5 Å². The Morgan fingerprint density at radius 2 is 1.38 bits per heavy atom. The van der Waals surface area contributed by atoms with E-state index in [1.165, 1.54) is 12.7 Å². The van der Waals surface area contributed by atoms with Gasteiger partial charge in [-0.2, -0.15) is 9.78 Å². The molecule has 0 spiro atoms. The Morgan fingerprint density at radius 1 is 0.862 bits per heavy atom. The summed E-state index contributed by atoms with van der Waals surface area (Å²) in [5.74, 6) is -0.0637. The molecule has 0 radical (unpaired) electrons. The summed E-state index contributed by atoms with van der Waals surface area (Å²) in [7, 11) is 0. The molecular weight excluding hydrogens is 408 g/mol. The minimum Gasteiger partial charge on any atom is -0.461 e. The van der Waals surface area contributed by atoms with Crippen molar-refractivity contribution in [3.63, 3.8) is 0 Å². The van der Waals surface area contributed by atoms with Gasteiger partial charge < -0.3 is 19.2 Å². The van der Waals surface area contributed by atoms with Crippen LogP contribution in [0.3, 0.4) is 0 Å². The van der Waals surface area contributed by atoms with Crippen molar-refractivity contribution in [1.29, 1.82) is 0 Å². The van der Waals surface area contributed by atoms with Crippen molar-refractivity contribution < 1.29 is 34.5 Å². The average Bonchev–Trinajstić information content (AvgIpc) is 3.22. The SMILES string of the molecule is O=[N+]([O-])OCC(COc1nnc(-n2cncn2)nn1)(CO[N+](=O)[O-])CO[N+](=O)[O-]. The maximum atomic E-state index is 10.5. The normalized spacial score (nSPS) is 10.8. The van der Waals surface area contributed by atoms with Gasteiger partial charge in [0.1, 0.15) is 39.1 Å². The zero-order valence-electron chi connectivity index (χ0n) is 14.0. The topological polar surface area (TPSA) is 249 Å². The Balaban J connectivity index is 2.13. The quantitative estimate of drug-likeness (QED) is 0.248. The van der Waals surface area contributed by atoms with Crippen molar-refractivity contribution in [2.45, 2.75) is 0 Å². The lowest BCUT2D eigenvalue weighted by Crippen LogP contribution is -2.44. The van der Waals surface area contributed by atoms with E-state index in [-0.39, 0.29) is 5.95 Å². The van der Waals surface area contributed by atoms with Gasteiger partial charge in [-0.25, -0.2) is 4.98 Å². The summed E-state index contributed by atoms with van der Waals surface area (Å²) in [6.45, 7) is -3.40. The Labute approximate surface area is 157 Å². The molecule has 0 bridgehead atoms. The molecule has 0 fully saturated rings. The van der Waals surface area contributed by atoms with E-state index < -0.39 is 53.1 Å². The number of nitrogens with zero attached hydrogens (tertiary/aromatic N) is 10. The highest BCUT2D eigenvalue weighted by Crippen LogP contribution is 2.21. The molecule has 0 N–H and O–H groups in total. The van der Waals surface area contributed by atoms with Crippen LogP contribution in [0.2, 0.25) is 0 Å². The van der Waals surface area contributed by atoms with Gasteiger partial charge in [0.25, 0.3) is 21.2 Å². The second-order valence-corrected chi connectivity index (χ2v) is 5.10. The van der Waals surface area contributed by atoms with E-state index in [1.54, 1.807) is 0 Å². The van der Waals surface area contributed by atoms with E-state index in [0.29, 0.717) is 0 Å². The van der Waals surface area contributed by atoms with Crippen LogP contribution in [0.25, 0.3) is 5.95 Å². The zero-order valence-corrected chi connectivity index (χ0v) is 14.0. The Bertz CT molecular complexity index is 783.